The van der Waals surface area contributed by atoms with Crippen LogP contribution < -0.4 is 10.6 Å². The van der Waals surface area contributed by atoms with E-state index in [-0.39, 0.29) is 11.7 Å². The highest BCUT2D eigenvalue weighted by atomic mass is 19.1. The second-order valence-corrected chi connectivity index (χ2v) is 6.40. The van der Waals surface area contributed by atoms with E-state index >= 15 is 0 Å². The quantitative estimate of drug-likeness (QED) is 0.834. The summed E-state index contributed by atoms with van der Waals surface area (Å²) in [7, 11) is 1.61. The molecule has 1 aliphatic rings. The van der Waals surface area contributed by atoms with Crippen molar-refractivity contribution >= 4 is 5.91 Å². The molecular weight excluding hydrogens is 323 g/mol. The van der Waals surface area contributed by atoms with E-state index in [1.165, 1.54) is 6.07 Å². The number of carbonyl (C=O) groups excluding carboxylic acids is 1. The Bertz CT molecular complexity index is 706. The molecule has 0 atom stereocenters. The minimum absolute atomic E-state index is 0.0325. The Morgan fingerprint density at radius 1 is 1.44 bits per heavy atom. The van der Waals surface area contributed by atoms with Gasteiger partial charge in [0.2, 0.25) is 5.91 Å². The molecule has 1 fully saturated rings. The molecule has 0 unspecified atom stereocenters. The summed E-state index contributed by atoms with van der Waals surface area (Å²) in [4.78, 5) is 16.6. The summed E-state index contributed by atoms with van der Waals surface area (Å²) in [6.45, 7) is 2.28. The molecule has 1 aliphatic heterocycles. The van der Waals surface area contributed by atoms with E-state index in [0.29, 0.717) is 18.8 Å². The molecule has 7 heteroatoms. The number of piperidine rings is 1. The number of amides is 1. The number of nitrogens with zero attached hydrogens (tertiary/aromatic N) is 2. The van der Waals surface area contributed by atoms with Crippen LogP contribution in [-0.2, 0) is 16.1 Å². The summed E-state index contributed by atoms with van der Waals surface area (Å²) in [6, 6.07) is 4.94. The number of rotatable bonds is 6. The number of benzene rings is 1. The third-order valence-corrected chi connectivity index (χ3v) is 4.71. The largest absolute Gasteiger partial charge is 0.384 e. The minimum atomic E-state index is -0.505. The molecular formula is C18H23FN4O2. The summed E-state index contributed by atoms with van der Waals surface area (Å²) < 4.78 is 21.2. The van der Waals surface area contributed by atoms with Gasteiger partial charge in [-0.25, -0.2) is 9.37 Å². The van der Waals surface area contributed by atoms with Gasteiger partial charge in [-0.1, -0.05) is 6.07 Å². The second-order valence-electron chi connectivity index (χ2n) is 6.40. The molecule has 0 radical (unpaired) electrons. The lowest BCUT2D eigenvalue weighted by molar-refractivity contribution is -0.136. The molecule has 0 bridgehead atoms. The van der Waals surface area contributed by atoms with Crippen LogP contribution in [0.25, 0.3) is 5.69 Å². The van der Waals surface area contributed by atoms with E-state index in [0.717, 1.165) is 31.5 Å². The van der Waals surface area contributed by atoms with Crippen LogP contribution in [0.5, 0.6) is 0 Å². The Balaban J connectivity index is 1.66. The molecule has 2 heterocycles. The highest BCUT2D eigenvalue weighted by Gasteiger charge is 2.39. The van der Waals surface area contributed by atoms with E-state index in [2.05, 4.69) is 15.6 Å². The molecule has 0 spiro atoms. The summed E-state index contributed by atoms with van der Waals surface area (Å²) >= 11 is 0. The highest BCUT2D eigenvalue weighted by molar-refractivity contribution is 5.83. The molecule has 1 amide bonds. The standard InChI is InChI=1S/C18H23FN4O2/c1-25-12-18(4-6-20-7-5-18)17(24)22-11-14-2-3-16(15(19)10-14)23-9-8-21-13-23/h2-3,8-10,13,20H,4-7,11-12H2,1H3,(H,22,24). The molecule has 0 aliphatic carbocycles. The predicted octanol–water partition coefficient (Wildman–Crippen LogP) is 1.64. The van der Waals surface area contributed by atoms with Gasteiger partial charge in [0.1, 0.15) is 5.82 Å². The van der Waals surface area contributed by atoms with Crippen LogP contribution in [0.1, 0.15) is 18.4 Å². The Morgan fingerprint density at radius 3 is 2.88 bits per heavy atom. The topological polar surface area (TPSA) is 68.2 Å². The number of halogens is 1. The van der Waals surface area contributed by atoms with Crippen molar-refractivity contribution in [1.82, 2.24) is 20.2 Å². The van der Waals surface area contributed by atoms with E-state index < -0.39 is 5.41 Å². The van der Waals surface area contributed by atoms with Gasteiger partial charge in [-0.15, -0.1) is 0 Å². The average Bonchev–Trinajstić information content (AvgIpc) is 3.15. The highest BCUT2D eigenvalue weighted by Crippen LogP contribution is 2.29. The fraction of sp³-hybridized carbons (Fsp3) is 0.444. The number of carbonyl (C=O) groups is 1. The number of nitrogens with one attached hydrogen (secondary N) is 2. The van der Waals surface area contributed by atoms with Crippen LogP contribution in [0.2, 0.25) is 0 Å². The van der Waals surface area contributed by atoms with Crippen LogP contribution in [0.15, 0.2) is 36.9 Å². The predicted molar refractivity (Wildman–Crippen MR) is 91.8 cm³/mol. The first-order valence-electron chi connectivity index (χ1n) is 8.39. The molecule has 1 saturated heterocycles. The third kappa shape index (κ3) is 3.88. The van der Waals surface area contributed by atoms with E-state index in [1.807, 2.05) is 6.07 Å². The third-order valence-electron chi connectivity index (χ3n) is 4.71. The van der Waals surface area contributed by atoms with Gasteiger partial charge in [-0.05, 0) is 43.6 Å². The van der Waals surface area contributed by atoms with Gasteiger partial charge in [-0.2, -0.15) is 0 Å². The van der Waals surface area contributed by atoms with Crippen molar-refractivity contribution < 1.29 is 13.9 Å². The first-order chi connectivity index (χ1) is 12.1. The van der Waals surface area contributed by atoms with Crippen LogP contribution in [0.4, 0.5) is 4.39 Å². The molecule has 6 nitrogen and oxygen atoms in total. The lowest BCUT2D eigenvalue weighted by Crippen LogP contribution is -2.49. The van der Waals surface area contributed by atoms with E-state index in [9.17, 15) is 9.18 Å². The first-order valence-corrected chi connectivity index (χ1v) is 8.39. The van der Waals surface area contributed by atoms with Gasteiger partial charge in [0, 0.05) is 26.0 Å². The fourth-order valence-electron chi connectivity index (χ4n) is 3.26. The lowest BCUT2D eigenvalue weighted by Gasteiger charge is -2.35. The second kappa shape index (κ2) is 7.76. The fourth-order valence-corrected chi connectivity index (χ4v) is 3.26. The number of methoxy groups -OCH3 is 1. The van der Waals surface area contributed by atoms with Gasteiger partial charge >= 0.3 is 0 Å². The average molecular weight is 346 g/mol. The maximum atomic E-state index is 14.3. The Morgan fingerprint density at radius 2 is 2.24 bits per heavy atom. The van der Waals surface area contributed by atoms with Crippen molar-refractivity contribution in [2.75, 3.05) is 26.8 Å². The molecule has 1 aromatic heterocycles. The molecule has 2 aromatic rings. The zero-order valence-corrected chi connectivity index (χ0v) is 14.3. The summed E-state index contributed by atoms with van der Waals surface area (Å²) in [5, 5.41) is 6.20. The van der Waals surface area contributed by atoms with Gasteiger partial charge in [0.25, 0.3) is 0 Å². The molecule has 1 aromatic carbocycles. The Labute approximate surface area is 146 Å². The van der Waals surface area contributed by atoms with Crippen molar-refractivity contribution in [2.24, 2.45) is 5.41 Å². The van der Waals surface area contributed by atoms with Gasteiger partial charge in [-0.3, -0.25) is 4.79 Å². The van der Waals surface area contributed by atoms with Crippen LogP contribution in [0.3, 0.4) is 0 Å². The summed E-state index contributed by atoms with van der Waals surface area (Å²) in [5.41, 5.74) is 0.646. The monoisotopic (exact) mass is 346 g/mol. The van der Waals surface area contributed by atoms with Gasteiger partial charge in [0.15, 0.2) is 0 Å². The van der Waals surface area contributed by atoms with E-state index in [1.54, 1.807) is 36.5 Å². The van der Waals surface area contributed by atoms with Crippen LogP contribution >= 0.6 is 0 Å². The van der Waals surface area contributed by atoms with Crippen molar-refractivity contribution in [3.8, 4) is 5.69 Å². The Hall–Kier alpha value is -2.25. The SMILES string of the molecule is COCC1(C(=O)NCc2ccc(-n3ccnc3)c(F)c2)CCNCC1. The zero-order chi connectivity index (χ0) is 17.7. The molecule has 2 N–H and O–H groups in total. The van der Waals surface area contributed by atoms with Gasteiger partial charge in [0.05, 0.1) is 24.0 Å². The maximum Gasteiger partial charge on any atom is 0.228 e. The maximum absolute atomic E-state index is 14.3. The number of ether oxygens (including phenoxy) is 1. The normalized spacial score (nSPS) is 16.6. The number of hydrogen-bond acceptors (Lipinski definition) is 4. The smallest absolute Gasteiger partial charge is 0.228 e. The number of imidazole rings is 1. The summed E-state index contributed by atoms with van der Waals surface area (Å²) in [6.07, 6.45) is 6.31. The molecule has 134 valence electrons. The van der Waals surface area contributed by atoms with Crippen molar-refractivity contribution in [1.29, 1.82) is 0 Å². The first kappa shape index (κ1) is 17.6. The molecule has 25 heavy (non-hydrogen) atoms. The van der Waals surface area contributed by atoms with Gasteiger partial charge < -0.3 is 19.9 Å². The summed E-state index contributed by atoms with van der Waals surface area (Å²) in [5.74, 6) is -0.381. The van der Waals surface area contributed by atoms with Crippen molar-refractivity contribution in [2.45, 2.75) is 19.4 Å². The number of hydrogen-bond donors (Lipinski definition) is 2. The van der Waals surface area contributed by atoms with Crippen LogP contribution in [-0.4, -0.2) is 42.3 Å². The Kier molecular flexibility index (Phi) is 5.45. The lowest BCUT2D eigenvalue weighted by atomic mass is 9.78. The van der Waals surface area contributed by atoms with Crippen molar-refractivity contribution in [3.63, 3.8) is 0 Å². The van der Waals surface area contributed by atoms with E-state index in [4.69, 9.17) is 4.74 Å². The van der Waals surface area contributed by atoms with Crippen LogP contribution in [0, 0.1) is 11.2 Å². The number of aromatic nitrogens is 2. The molecule has 3 rings (SSSR count). The van der Waals surface area contributed by atoms with Crippen molar-refractivity contribution in [3.05, 3.63) is 48.3 Å². The molecule has 0 saturated carbocycles. The minimum Gasteiger partial charge on any atom is -0.384 e. The zero-order valence-electron chi connectivity index (χ0n) is 14.3.